The Hall–Kier alpha value is -4.12. The van der Waals surface area contributed by atoms with Gasteiger partial charge in [-0.05, 0) is 49.2 Å². The van der Waals surface area contributed by atoms with Crippen LogP contribution in [-0.2, 0) is 14.9 Å². The monoisotopic (exact) mass is 612 g/mol. The molecule has 2 aliphatic rings. The summed E-state index contributed by atoms with van der Waals surface area (Å²) in [5.41, 5.74) is 3.31. The zero-order chi connectivity index (χ0) is 31.2. The largest absolute Gasteiger partial charge is 0.492 e. The number of aromatic nitrogens is 2. The molecule has 2 saturated heterocycles. The summed E-state index contributed by atoms with van der Waals surface area (Å²) in [5.74, 6) is 1.39. The molecule has 2 fully saturated rings. The summed E-state index contributed by atoms with van der Waals surface area (Å²) >= 11 is 0. The summed E-state index contributed by atoms with van der Waals surface area (Å²) in [6, 6.07) is 22.0. The van der Waals surface area contributed by atoms with Gasteiger partial charge in [-0.3, -0.25) is 10.2 Å². The standard InChI is InChI=1S/C35H44N6O4/c1-35(2,3)32-24-33(41(39-32)27-10-8-25(9-11-27)36-26-14-19-43-20-15-26)38-34(42)37-30-12-13-31(29-7-5-4-6-28(29)30)45-23-18-40-16-21-44-22-17-40/h4-13,24,26,36H,14-23H2,1-3H3,(H2,37,38,42). The molecule has 0 bridgehead atoms. The topological polar surface area (TPSA) is 102 Å². The summed E-state index contributed by atoms with van der Waals surface area (Å²) in [6.07, 6.45) is 2.00. The van der Waals surface area contributed by atoms with Crippen molar-refractivity contribution in [1.29, 1.82) is 0 Å². The van der Waals surface area contributed by atoms with Gasteiger partial charge in [0.15, 0.2) is 0 Å². The van der Waals surface area contributed by atoms with Crippen LogP contribution >= 0.6 is 0 Å². The van der Waals surface area contributed by atoms with E-state index in [4.69, 9.17) is 19.3 Å². The van der Waals surface area contributed by atoms with E-state index in [0.29, 0.717) is 24.2 Å². The lowest BCUT2D eigenvalue weighted by Gasteiger charge is -2.26. The number of rotatable bonds is 9. The quantitative estimate of drug-likeness (QED) is 0.205. The molecule has 0 saturated carbocycles. The molecule has 3 N–H and O–H groups in total. The average molecular weight is 613 g/mol. The summed E-state index contributed by atoms with van der Waals surface area (Å²) in [5, 5.41) is 16.5. The third-order valence-electron chi connectivity index (χ3n) is 8.32. The van der Waals surface area contributed by atoms with E-state index in [1.165, 1.54) is 0 Å². The number of hydrogen-bond acceptors (Lipinski definition) is 7. The van der Waals surface area contributed by atoms with Gasteiger partial charge in [-0.2, -0.15) is 5.10 Å². The van der Waals surface area contributed by atoms with Crippen molar-refractivity contribution in [3.63, 3.8) is 0 Å². The van der Waals surface area contributed by atoms with Gasteiger partial charge in [-0.1, -0.05) is 45.0 Å². The smallest absolute Gasteiger partial charge is 0.324 e. The van der Waals surface area contributed by atoms with Crippen LogP contribution in [0.25, 0.3) is 16.5 Å². The van der Waals surface area contributed by atoms with Gasteiger partial charge in [0, 0.05) is 66.8 Å². The highest BCUT2D eigenvalue weighted by atomic mass is 16.5. The lowest BCUT2D eigenvalue weighted by Crippen LogP contribution is -2.38. The number of carbonyl (C=O) groups excluding carboxylic acids is 1. The zero-order valence-electron chi connectivity index (χ0n) is 26.5. The first-order valence-electron chi connectivity index (χ1n) is 15.9. The normalized spacial score (nSPS) is 16.4. The Morgan fingerprint density at radius 1 is 0.911 bits per heavy atom. The number of fused-ring (bicyclic) bond motifs is 1. The Labute approximate surface area is 265 Å². The first kappa shape index (κ1) is 30.9. The molecular formula is C35H44N6O4. The molecule has 45 heavy (non-hydrogen) atoms. The van der Waals surface area contributed by atoms with Crippen molar-refractivity contribution < 1.29 is 19.0 Å². The van der Waals surface area contributed by atoms with Crippen LogP contribution in [0.3, 0.4) is 0 Å². The number of benzene rings is 3. The van der Waals surface area contributed by atoms with Crippen LogP contribution in [0.1, 0.15) is 39.3 Å². The Morgan fingerprint density at radius 2 is 1.62 bits per heavy atom. The van der Waals surface area contributed by atoms with E-state index in [9.17, 15) is 4.79 Å². The van der Waals surface area contributed by atoms with Gasteiger partial charge in [0.2, 0.25) is 0 Å². The zero-order valence-corrected chi connectivity index (χ0v) is 26.5. The fourth-order valence-corrected chi connectivity index (χ4v) is 5.70. The van der Waals surface area contributed by atoms with E-state index in [1.54, 1.807) is 4.68 Å². The molecule has 0 atom stereocenters. The molecule has 2 aliphatic heterocycles. The first-order chi connectivity index (χ1) is 21.8. The Balaban J connectivity index is 1.16. The molecular weight excluding hydrogens is 568 g/mol. The molecule has 10 heteroatoms. The molecule has 238 valence electrons. The lowest BCUT2D eigenvalue weighted by molar-refractivity contribution is 0.0323. The molecule has 4 aromatic rings. The molecule has 0 spiro atoms. The number of ether oxygens (including phenoxy) is 3. The second-order valence-electron chi connectivity index (χ2n) is 12.7. The SMILES string of the molecule is CC(C)(C)c1cc(NC(=O)Nc2ccc(OCCN3CCOCC3)c3ccccc23)n(-c2ccc(NC3CCOCC3)cc2)n1. The summed E-state index contributed by atoms with van der Waals surface area (Å²) < 4.78 is 18.9. The van der Waals surface area contributed by atoms with E-state index in [0.717, 1.165) is 92.5 Å². The highest BCUT2D eigenvalue weighted by Crippen LogP contribution is 2.32. The number of urea groups is 1. The van der Waals surface area contributed by atoms with Gasteiger partial charge >= 0.3 is 6.03 Å². The highest BCUT2D eigenvalue weighted by molar-refractivity contribution is 6.07. The number of hydrogen-bond donors (Lipinski definition) is 3. The number of nitrogens with zero attached hydrogens (tertiary/aromatic N) is 3. The minimum atomic E-state index is -0.347. The van der Waals surface area contributed by atoms with Gasteiger partial charge in [0.1, 0.15) is 18.2 Å². The predicted octanol–water partition coefficient (Wildman–Crippen LogP) is 6.27. The maximum atomic E-state index is 13.4. The van der Waals surface area contributed by atoms with Crippen LogP contribution in [0.2, 0.25) is 0 Å². The van der Waals surface area contributed by atoms with Crippen LogP contribution in [0.5, 0.6) is 5.75 Å². The van der Waals surface area contributed by atoms with Gasteiger partial charge in [0.25, 0.3) is 0 Å². The molecule has 6 rings (SSSR count). The summed E-state index contributed by atoms with van der Waals surface area (Å²) in [4.78, 5) is 15.8. The third-order valence-corrected chi connectivity index (χ3v) is 8.32. The van der Waals surface area contributed by atoms with Crippen molar-refractivity contribution in [1.82, 2.24) is 14.7 Å². The van der Waals surface area contributed by atoms with Crippen molar-refractivity contribution in [3.8, 4) is 11.4 Å². The molecule has 3 heterocycles. The maximum absolute atomic E-state index is 13.4. The van der Waals surface area contributed by atoms with E-state index >= 15 is 0 Å². The van der Waals surface area contributed by atoms with Gasteiger partial charge in [0.05, 0.1) is 30.3 Å². The first-order valence-corrected chi connectivity index (χ1v) is 15.9. The molecule has 10 nitrogen and oxygen atoms in total. The number of nitrogens with one attached hydrogen (secondary N) is 3. The predicted molar refractivity (Wildman–Crippen MR) is 179 cm³/mol. The second-order valence-corrected chi connectivity index (χ2v) is 12.7. The minimum absolute atomic E-state index is 0.198. The second kappa shape index (κ2) is 13.9. The fourth-order valence-electron chi connectivity index (χ4n) is 5.70. The fraction of sp³-hybridized carbons (Fsp3) is 0.429. The third kappa shape index (κ3) is 7.76. The lowest BCUT2D eigenvalue weighted by atomic mass is 9.92. The van der Waals surface area contributed by atoms with Gasteiger partial charge in [-0.15, -0.1) is 0 Å². The maximum Gasteiger partial charge on any atom is 0.324 e. The number of morpholine rings is 1. The van der Waals surface area contributed by atoms with Gasteiger partial charge < -0.3 is 24.8 Å². The molecule has 3 aromatic carbocycles. The number of carbonyl (C=O) groups is 1. The van der Waals surface area contributed by atoms with Crippen LogP contribution in [-0.4, -0.2) is 79.4 Å². The molecule has 1 aromatic heterocycles. The van der Waals surface area contributed by atoms with Crippen molar-refractivity contribution >= 4 is 34.0 Å². The molecule has 0 aliphatic carbocycles. The Bertz CT molecular complexity index is 1580. The number of anilines is 3. The Kier molecular flexibility index (Phi) is 9.53. The van der Waals surface area contributed by atoms with Crippen molar-refractivity contribution in [2.45, 2.75) is 45.1 Å². The summed E-state index contributed by atoms with van der Waals surface area (Å²) in [6.45, 7) is 12.7. The van der Waals surface area contributed by atoms with Crippen molar-refractivity contribution in [2.24, 2.45) is 0 Å². The van der Waals surface area contributed by atoms with E-state index < -0.39 is 0 Å². The van der Waals surface area contributed by atoms with E-state index in [-0.39, 0.29) is 11.4 Å². The van der Waals surface area contributed by atoms with Crippen LogP contribution in [0.4, 0.5) is 22.0 Å². The summed E-state index contributed by atoms with van der Waals surface area (Å²) in [7, 11) is 0. The van der Waals surface area contributed by atoms with Crippen molar-refractivity contribution in [2.75, 3.05) is 68.6 Å². The average Bonchev–Trinajstić information content (AvgIpc) is 3.48. The molecule has 0 radical (unpaired) electrons. The Morgan fingerprint density at radius 3 is 2.36 bits per heavy atom. The molecule has 0 unspecified atom stereocenters. The van der Waals surface area contributed by atoms with Crippen LogP contribution in [0.15, 0.2) is 66.7 Å². The van der Waals surface area contributed by atoms with Crippen molar-refractivity contribution in [3.05, 3.63) is 72.4 Å². The number of amides is 2. The van der Waals surface area contributed by atoms with Crippen LogP contribution in [0, 0.1) is 0 Å². The minimum Gasteiger partial charge on any atom is -0.492 e. The van der Waals surface area contributed by atoms with E-state index in [2.05, 4.69) is 53.8 Å². The van der Waals surface area contributed by atoms with E-state index in [1.807, 2.05) is 54.6 Å². The van der Waals surface area contributed by atoms with Gasteiger partial charge in [-0.25, -0.2) is 9.48 Å². The molecule has 2 amide bonds. The highest BCUT2D eigenvalue weighted by Gasteiger charge is 2.22. The van der Waals surface area contributed by atoms with Crippen LogP contribution < -0.4 is 20.7 Å².